The molecule has 0 saturated heterocycles. The Labute approximate surface area is 123 Å². The van der Waals surface area contributed by atoms with Crippen molar-refractivity contribution in [3.63, 3.8) is 0 Å². The van der Waals surface area contributed by atoms with E-state index >= 15 is 0 Å². The molecule has 1 atom stereocenters. The summed E-state index contributed by atoms with van der Waals surface area (Å²) in [6, 6.07) is 3.05. The monoisotopic (exact) mass is 288 g/mol. The zero-order valence-electron chi connectivity index (χ0n) is 12.3. The van der Waals surface area contributed by atoms with E-state index in [0.29, 0.717) is 18.7 Å². The molecule has 2 rings (SSSR count). The van der Waals surface area contributed by atoms with Gasteiger partial charge in [-0.3, -0.25) is 9.59 Å². The van der Waals surface area contributed by atoms with Crippen molar-refractivity contribution >= 4 is 5.91 Å². The normalized spacial score (nSPS) is 12.1. The number of pyridine rings is 1. The van der Waals surface area contributed by atoms with Crippen molar-refractivity contribution in [2.24, 2.45) is 0 Å². The lowest BCUT2D eigenvalue weighted by Gasteiger charge is -2.17. The highest BCUT2D eigenvalue weighted by atomic mass is 16.2. The Morgan fingerprint density at radius 1 is 1.38 bits per heavy atom. The van der Waals surface area contributed by atoms with Crippen LogP contribution in [-0.4, -0.2) is 26.1 Å². The van der Waals surface area contributed by atoms with Crippen molar-refractivity contribution < 1.29 is 4.79 Å². The van der Waals surface area contributed by atoms with Gasteiger partial charge in [-0.15, -0.1) is 0 Å². The Kier molecular flexibility index (Phi) is 4.92. The number of imidazole rings is 1. The lowest BCUT2D eigenvalue weighted by Crippen LogP contribution is -2.38. The summed E-state index contributed by atoms with van der Waals surface area (Å²) >= 11 is 0. The second-order valence-electron chi connectivity index (χ2n) is 4.88. The Morgan fingerprint density at radius 3 is 2.76 bits per heavy atom. The van der Waals surface area contributed by atoms with Crippen LogP contribution < -0.4 is 10.9 Å². The summed E-state index contributed by atoms with van der Waals surface area (Å²) in [6.07, 6.45) is 7.73. The highest BCUT2D eigenvalue weighted by Crippen LogP contribution is 2.01. The first-order valence-corrected chi connectivity index (χ1v) is 7.11. The van der Waals surface area contributed by atoms with Crippen LogP contribution in [0.1, 0.15) is 30.6 Å². The third kappa shape index (κ3) is 3.81. The fourth-order valence-corrected chi connectivity index (χ4v) is 2.11. The second-order valence-corrected chi connectivity index (χ2v) is 4.88. The van der Waals surface area contributed by atoms with Crippen molar-refractivity contribution in [2.45, 2.75) is 39.4 Å². The summed E-state index contributed by atoms with van der Waals surface area (Å²) in [6.45, 7) is 5.16. The second kappa shape index (κ2) is 6.88. The fourth-order valence-electron chi connectivity index (χ4n) is 2.11. The summed E-state index contributed by atoms with van der Waals surface area (Å²) in [5.74, 6) is -0.220. The average molecular weight is 288 g/mol. The summed E-state index contributed by atoms with van der Waals surface area (Å²) in [5.41, 5.74) is 0.238. The summed E-state index contributed by atoms with van der Waals surface area (Å²) in [4.78, 5) is 28.0. The third-order valence-electron chi connectivity index (χ3n) is 3.42. The largest absolute Gasteiger partial charge is 0.348 e. The van der Waals surface area contributed by atoms with Gasteiger partial charge in [0, 0.05) is 49.4 Å². The van der Waals surface area contributed by atoms with Crippen LogP contribution in [0.25, 0.3) is 0 Å². The zero-order chi connectivity index (χ0) is 15.2. The van der Waals surface area contributed by atoms with Gasteiger partial charge in [0.05, 0.1) is 6.33 Å². The van der Waals surface area contributed by atoms with Gasteiger partial charge in [0.1, 0.15) is 0 Å². The third-order valence-corrected chi connectivity index (χ3v) is 3.42. The van der Waals surface area contributed by atoms with Crippen LogP contribution in [0.3, 0.4) is 0 Å². The molecule has 0 aliphatic heterocycles. The summed E-state index contributed by atoms with van der Waals surface area (Å²) in [7, 11) is 0. The molecule has 0 spiro atoms. The van der Waals surface area contributed by atoms with E-state index in [1.165, 1.54) is 6.07 Å². The molecule has 112 valence electrons. The SMILES string of the molecule is CCC(Cn1ccnc1)NC(=O)c1ccn(CC)c(=O)c1. The molecule has 0 aliphatic rings. The van der Waals surface area contributed by atoms with Crippen LogP contribution in [-0.2, 0) is 13.1 Å². The lowest BCUT2D eigenvalue weighted by molar-refractivity contribution is 0.0931. The van der Waals surface area contributed by atoms with Gasteiger partial charge in [-0.05, 0) is 19.4 Å². The number of amides is 1. The topological polar surface area (TPSA) is 68.9 Å². The average Bonchev–Trinajstić information content (AvgIpc) is 2.99. The smallest absolute Gasteiger partial charge is 0.251 e. The molecule has 0 aliphatic carbocycles. The highest BCUT2D eigenvalue weighted by molar-refractivity contribution is 5.94. The first kappa shape index (κ1) is 15.0. The number of nitrogens with one attached hydrogen (secondary N) is 1. The standard InChI is InChI=1S/C15H20N4O2/c1-3-13(10-18-8-6-16-11-18)17-15(21)12-5-7-19(4-2)14(20)9-12/h5-9,11,13H,3-4,10H2,1-2H3,(H,17,21). The highest BCUT2D eigenvalue weighted by Gasteiger charge is 2.13. The van der Waals surface area contributed by atoms with Crippen molar-refractivity contribution in [3.8, 4) is 0 Å². The van der Waals surface area contributed by atoms with Crippen molar-refractivity contribution in [1.82, 2.24) is 19.4 Å². The van der Waals surface area contributed by atoms with Crippen molar-refractivity contribution in [2.75, 3.05) is 0 Å². The minimum atomic E-state index is -0.220. The van der Waals surface area contributed by atoms with E-state index in [-0.39, 0.29) is 17.5 Å². The van der Waals surface area contributed by atoms with E-state index in [1.54, 1.807) is 29.4 Å². The summed E-state index contributed by atoms with van der Waals surface area (Å²) < 4.78 is 3.48. The van der Waals surface area contributed by atoms with Crippen molar-refractivity contribution in [1.29, 1.82) is 0 Å². The molecular weight excluding hydrogens is 268 g/mol. The number of hydrogen-bond donors (Lipinski definition) is 1. The number of aryl methyl sites for hydroxylation is 1. The number of carbonyl (C=O) groups is 1. The molecule has 0 radical (unpaired) electrons. The van der Waals surface area contributed by atoms with Crippen molar-refractivity contribution in [3.05, 3.63) is 53.0 Å². The van der Waals surface area contributed by atoms with E-state index in [4.69, 9.17) is 0 Å². The van der Waals surface area contributed by atoms with E-state index < -0.39 is 0 Å². The zero-order valence-corrected chi connectivity index (χ0v) is 12.3. The number of rotatable bonds is 6. The molecule has 6 nitrogen and oxygen atoms in total. The van der Waals surface area contributed by atoms with Gasteiger partial charge in [0.25, 0.3) is 11.5 Å². The summed E-state index contributed by atoms with van der Waals surface area (Å²) in [5, 5.41) is 2.95. The molecule has 6 heteroatoms. The predicted molar refractivity (Wildman–Crippen MR) is 80.1 cm³/mol. The molecule has 2 aromatic rings. The van der Waals surface area contributed by atoms with Gasteiger partial charge < -0.3 is 14.5 Å². The molecule has 0 fully saturated rings. The van der Waals surface area contributed by atoms with Crippen LogP contribution in [0.15, 0.2) is 41.8 Å². The maximum absolute atomic E-state index is 12.2. The minimum Gasteiger partial charge on any atom is -0.348 e. The van der Waals surface area contributed by atoms with E-state index in [1.807, 2.05) is 24.6 Å². The molecule has 1 unspecified atom stereocenters. The fraction of sp³-hybridized carbons (Fsp3) is 0.400. The number of aromatic nitrogens is 3. The first-order valence-electron chi connectivity index (χ1n) is 7.11. The van der Waals surface area contributed by atoms with Crippen LogP contribution in [0.2, 0.25) is 0 Å². The van der Waals surface area contributed by atoms with E-state index in [2.05, 4.69) is 10.3 Å². The lowest BCUT2D eigenvalue weighted by atomic mass is 10.2. The maximum Gasteiger partial charge on any atom is 0.251 e. The number of carbonyl (C=O) groups excluding carboxylic acids is 1. The van der Waals surface area contributed by atoms with Gasteiger partial charge in [-0.1, -0.05) is 6.92 Å². The van der Waals surface area contributed by atoms with E-state index in [9.17, 15) is 9.59 Å². The van der Waals surface area contributed by atoms with Gasteiger partial charge in [0.2, 0.25) is 0 Å². The molecule has 0 saturated carbocycles. The Bertz CT molecular complexity index is 646. The Hall–Kier alpha value is -2.37. The molecule has 1 N–H and O–H groups in total. The maximum atomic E-state index is 12.2. The van der Waals surface area contributed by atoms with Crippen LogP contribution >= 0.6 is 0 Å². The first-order chi connectivity index (χ1) is 10.1. The molecule has 2 heterocycles. The van der Waals surface area contributed by atoms with Gasteiger partial charge >= 0.3 is 0 Å². The van der Waals surface area contributed by atoms with Gasteiger partial charge in [-0.25, -0.2) is 4.98 Å². The quantitative estimate of drug-likeness (QED) is 0.870. The Balaban J connectivity index is 2.05. The van der Waals surface area contributed by atoms with Crippen LogP contribution in [0, 0.1) is 0 Å². The molecule has 1 amide bonds. The molecule has 21 heavy (non-hydrogen) atoms. The Morgan fingerprint density at radius 2 is 2.19 bits per heavy atom. The van der Waals surface area contributed by atoms with Gasteiger partial charge in [0.15, 0.2) is 0 Å². The molecule has 0 bridgehead atoms. The van der Waals surface area contributed by atoms with E-state index in [0.717, 1.165) is 6.42 Å². The molecular formula is C15H20N4O2. The van der Waals surface area contributed by atoms with Crippen LogP contribution in [0.4, 0.5) is 0 Å². The van der Waals surface area contributed by atoms with Crippen LogP contribution in [0.5, 0.6) is 0 Å². The number of hydrogen-bond acceptors (Lipinski definition) is 3. The minimum absolute atomic E-state index is 0.000284. The number of nitrogens with zero attached hydrogens (tertiary/aromatic N) is 3. The van der Waals surface area contributed by atoms with Gasteiger partial charge in [-0.2, -0.15) is 0 Å². The molecule has 2 aromatic heterocycles. The molecule has 0 aromatic carbocycles. The predicted octanol–water partition coefficient (Wildman–Crippen LogP) is 1.27.